The summed E-state index contributed by atoms with van der Waals surface area (Å²) < 4.78 is 15.5. The molecule has 5 nitrogen and oxygen atoms in total. The quantitative estimate of drug-likeness (QED) is 0.741. The molecule has 2 rings (SSSR count). The summed E-state index contributed by atoms with van der Waals surface area (Å²) in [6.07, 6.45) is 0. The molecule has 0 spiro atoms. The van der Waals surface area contributed by atoms with Crippen molar-refractivity contribution in [1.82, 2.24) is 0 Å². The molecule has 0 radical (unpaired) electrons. The van der Waals surface area contributed by atoms with Crippen LogP contribution in [-0.4, -0.2) is 9.79 Å². The second kappa shape index (κ2) is 5.23. The fraction of sp³-hybridized carbons (Fsp3) is 0. The Hall–Kier alpha value is -1.81. The minimum atomic E-state index is -4.56. The summed E-state index contributed by atoms with van der Waals surface area (Å²) in [6, 6.07) is 15.8. The van der Waals surface area contributed by atoms with Crippen molar-refractivity contribution in [2.75, 3.05) is 5.32 Å². The fourth-order valence-electron chi connectivity index (χ4n) is 1.45. The lowest BCUT2D eigenvalue weighted by atomic mass is 10.2. The van der Waals surface area contributed by atoms with Gasteiger partial charge in [-0.25, -0.2) is 4.57 Å². The van der Waals surface area contributed by atoms with E-state index < -0.39 is 7.82 Å². The Morgan fingerprint density at radius 3 is 2.22 bits per heavy atom. The maximum Gasteiger partial charge on any atom is 0.524 e. The Morgan fingerprint density at radius 1 is 0.944 bits per heavy atom. The Bertz CT molecular complexity index is 567. The predicted molar refractivity (Wildman–Crippen MR) is 68.8 cm³/mol. The summed E-state index contributed by atoms with van der Waals surface area (Å²) in [5, 5.41) is 3.03. The van der Waals surface area contributed by atoms with Crippen LogP contribution in [0.4, 0.5) is 11.4 Å². The van der Waals surface area contributed by atoms with Crippen molar-refractivity contribution in [3.05, 3.63) is 54.6 Å². The first kappa shape index (κ1) is 12.6. The second-order valence-corrected chi connectivity index (χ2v) is 4.73. The Morgan fingerprint density at radius 2 is 1.56 bits per heavy atom. The van der Waals surface area contributed by atoms with E-state index in [4.69, 9.17) is 9.79 Å². The average molecular weight is 265 g/mol. The molecular weight excluding hydrogens is 253 g/mol. The number of phosphoric ester groups is 1. The topological polar surface area (TPSA) is 78.8 Å². The van der Waals surface area contributed by atoms with Gasteiger partial charge in [-0.3, -0.25) is 9.79 Å². The maximum atomic E-state index is 10.8. The molecule has 0 aliphatic rings. The zero-order valence-electron chi connectivity index (χ0n) is 9.35. The molecule has 0 bridgehead atoms. The number of phosphoric acid groups is 1. The molecule has 2 aromatic rings. The van der Waals surface area contributed by atoms with E-state index in [1.54, 1.807) is 18.2 Å². The van der Waals surface area contributed by atoms with Gasteiger partial charge in [-0.05, 0) is 24.3 Å². The summed E-state index contributed by atoms with van der Waals surface area (Å²) in [4.78, 5) is 17.6. The van der Waals surface area contributed by atoms with Gasteiger partial charge in [-0.15, -0.1) is 0 Å². The minimum absolute atomic E-state index is 0.106. The van der Waals surface area contributed by atoms with Crippen LogP contribution in [0.15, 0.2) is 54.6 Å². The van der Waals surface area contributed by atoms with Gasteiger partial charge in [-0.2, -0.15) is 0 Å². The van der Waals surface area contributed by atoms with Crippen LogP contribution in [0.5, 0.6) is 5.75 Å². The molecule has 0 aromatic heterocycles. The molecule has 0 aliphatic heterocycles. The molecule has 0 aliphatic carbocycles. The molecule has 0 atom stereocenters. The van der Waals surface area contributed by atoms with Crippen LogP contribution in [0, 0.1) is 0 Å². The maximum absolute atomic E-state index is 10.8. The number of hydrogen-bond acceptors (Lipinski definition) is 3. The molecule has 0 saturated carbocycles. The van der Waals surface area contributed by atoms with Crippen molar-refractivity contribution in [3.8, 4) is 5.75 Å². The predicted octanol–water partition coefficient (Wildman–Crippen LogP) is 2.90. The Balaban J connectivity index is 2.25. The third kappa shape index (κ3) is 3.60. The number of rotatable bonds is 4. The number of para-hydroxylation sites is 3. The normalized spacial score (nSPS) is 11.0. The van der Waals surface area contributed by atoms with Gasteiger partial charge in [0.15, 0.2) is 5.75 Å². The van der Waals surface area contributed by atoms with Crippen molar-refractivity contribution in [2.45, 2.75) is 0 Å². The van der Waals surface area contributed by atoms with Crippen LogP contribution < -0.4 is 9.84 Å². The summed E-state index contributed by atoms with van der Waals surface area (Å²) in [7, 11) is -4.56. The fourth-order valence-corrected chi connectivity index (χ4v) is 1.87. The SMILES string of the molecule is O=P(O)(O)Oc1ccccc1Nc1ccccc1. The number of hydrogen-bond donors (Lipinski definition) is 3. The molecule has 2 aromatic carbocycles. The molecular formula is C12H12NO4P. The van der Waals surface area contributed by atoms with Crippen LogP contribution in [-0.2, 0) is 4.57 Å². The van der Waals surface area contributed by atoms with Gasteiger partial charge in [0, 0.05) is 5.69 Å². The highest BCUT2D eigenvalue weighted by atomic mass is 31.2. The van der Waals surface area contributed by atoms with Gasteiger partial charge in [0.2, 0.25) is 0 Å². The van der Waals surface area contributed by atoms with E-state index in [1.807, 2.05) is 30.3 Å². The van der Waals surface area contributed by atoms with Gasteiger partial charge in [-0.1, -0.05) is 30.3 Å². The molecule has 0 saturated heterocycles. The molecule has 6 heteroatoms. The summed E-state index contributed by atoms with van der Waals surface area (Å²) in [5.41, 5.74) is 1.30. The molecule has 0 amide bonds. The van der Waals surface area contributed by atoms with Gasteiger partial charge in [0.1, 0.15) is 0 Å². The summed E-state index contributed by atoms with van der Waals surface area (Å²) in [5.74, 6) is 0.106. The highest BCUT2D eigenvalue weighted by Crippen LogP contribution is 2.41. The Labute approximate surface area is 104 Å². The van der Waals surface area contributed by atoms with E-state index >= 15 is 0 Å². The van der Waals surface area contributed by atoms with E-state index in [-0.39, 0.29) is 5.75 Å². The molecule has 3 N–H and O–H groups in total. The van der Waals surface area contributed by atoms with Gasteiger partial charge >= 0.3 is 7.82 Å². The highest BCUT2D eigenvalue weighted by Gasteiger charge is 2.17. The molecule has 94 valence electrons. The lowest BCUT2D eigenvalue weighted by Gasteiger charge is -2.13. The van der Waals surface area contributed by atoms with Gasteiger partial charge < -0.3 is 9.84 Å². The zero-order valence-corrected chi connectivity index (χ0v) is 10.2. The van der Waals surface area contributed by atoms with Crippen LogP contribution in [0.25, 0.3) is 0 Å². The third-order valence-electron chi connectivity index (χ3n) is 2.16. The van der Waals surface area contributed by atoms with Crippen molar-refractivity contribution in [1.29, 1.82) is 0 Å². The van der Waals surface area contributed by atoms with Crippen molar-refractivity contribution in [2.24, 2.45) is 0 Å². The number of anilines is 2. The number of benzene rings is 2. The monoisotopic (exact) mass is 265 g/mol. The highest BCUT2D eigenvalue weighted by molar-refractivity contribution is 7.46. The summed E-state index contributed by atoms with van der Waals surface area (Å²) in [6.45, 7) is 0. The molecule has 0 heterocycles. The van der Waals surface area contributed by atoms with E-state index in [1.165, 1.54) is 6.07 Å². The van der Waals surface area contributed by atoms with Crippen LogP contribution in [0.1, 0.15) is 0 Å². The molecule has 0 fully saturated rings. The zero-order chi connectivity index (χ0) is 13.0. The lowest BCUT2D eigenvalue weighted by Crippen LogP contribution is -1.96. The van der Waals surface area contributed by atoms with E-state index in [2.05, 4.69) is 9.84 Å². The Kier molecular flexibility index (Phi) is 3.67. The van der Waals surface area contributed by atoms with Crippen molar-refractivity contribution < 1.29 is 18.9 Å². The summed E-state index contributed by atoms with van der Waals surface area (Å²) >= 11 is 0. The molecule has 0 unspecified atom stereocenters. The smallest absolute Gasteiger partial charge is 0.402 e. The minimum Gasteiger partial charge on any atom is -0.402 e. The standard InChI is InChI=1S/C12H12NO4P/c14-18(15,16)17-12-9-5-4-8-11(12)13-10-6-2-1-3-7-10/h1-9,13H,(H2,14,15,16). The van der Waals surface area contributed by atoms with Gasteiger partial charge in [0.25, 0.3) is 0 Å². The second-order valence-electron chi connectivity index (χ2n) is 3.57. The van der Waals surface area contributed by atoms with Crippen molar-refractivity contribution >= 4 is 19.2 Å². The van der Waals surface area contributed by atoms with Crippen LogP contribution in [0.2, 0.25) is 0 Å². The van der Waals surface area contributed by atoms with Crippen LogP contribution in [0.3, 0.4) is 0 Å². The number of nitrogens with one attached hydrogen (secondary N) is 1. The van der Waals surface area contributed by atoms with E-state index in [9.17, 15) is 4.57 Å². The van der Waals surface area contributed by atoms with E-state index in [0.717, 1.165) is 5.69 Å². The van der Waals surface area contributed by atoms with Crippen LogP contribution >= 0.6 is 7.82 Å². The first-order chi connectivity index (χ1) is 8.54. The average Bonchev–Trinajstić information content (AvgIpc) is 2.31. The van der Waals surface area contributed by atoms with E-state index in [0.29, 0.717) is 5.69 Å². The van der Waals surface area contributed by atoms with Gasteiger partial charge in [0.05, 0.1) is 5.69 Å². The molecule has 18 heavy (non-hydrogen) atoms. The van der Waals surface area contributed by atoms with Crippen molar-refractivity contribution in [3.63, 3.8) is 0 Å². The lowest BCUT2D eigenvalue weighted by molar-refractivity contribution is 0.283. The third-order valence-corrected chi connectivity index (χ3v) is 2.59. The first-order valence-electron chi connectivity index (χ1n) is 5.21. The first-order valence-corrected chi connectivity index (χ1v) is 6.74. The largest absolute Gasteiger partial charge is 0.524 e.